The molecule has 7 nitrogen and oxygen atoms in total. The Morgan fingerprint density at radius 3 is 2.17 bits per heavy atom. The number of nitrogen functional groups attached to an aromatic ring is 1. The molecule has 0 unspecified atom stereocenters. The summed E-state index contributed by atoms with van der Waals surface area (Å²) in [7, 11) is 0. The Hall–Kier alpha value is -3.68. The highest BCUT2D eigenvalue weighted by atomic mass is 19.1. The summed E-state index contributed by atoms with van der Waals surface area (Å²) in [6.07, 6.45) is 4.57. The average Bonchev–Trinajstić information content (AvgIpc) is 2.89. The summed E-state index contributed by atoms with van der Waals surface area (Å²) in [4.78, 5) is 10.3. The third kappa shape index (κ3) is 11.6. The summed E-state index contributed by atoms with van der Waals surface area (Å²) >= 11 is 0. The van der Waals surface area contributed by atoms with Crippen molar-refractivity contribution in [2.45, 2.75) is 47.5 Å². The number of nitrogens with zero attached hydrogens (tertiary/aromatic N) is 3. The maximum absolute atomic E-state index is 12.8. The number of hydrogen-bond acceptors (Lipinski definition) is 7. The van der Waals surface area contributed by atoms with Crippen LogP contribution in [0.4, 0.5) is 15.9 Å². The SMILES string of the molecule is CC.CCCN(CCC)c1cc(N)nc(OCCOc2ccc(F)cn2)c1.Cc1cccc(C=N)c1. The normalized spacial score (nSPS) is 9.72. The van der Waals surface area contributed by atoms with Crippen molar-refractivity contribution >= 4 is 17.7 Å². The molecule has 0 spiro atoms. The molecule has 0 aliphatic rings. The van der Waals surface area contributed by atoms with E-state index in [1.807, 2.05) is 57.2 Å². The molecule has 0 aliphatic carbocycles. The van der Waals surface area contributed by atoms with E-state index < -0.39 is 5.82 Å². The van der Waals surface area contributed by atoms with Crippen LogP contribution in [0.3, 0.4) is 0 Å². The molecule has 0 aliphatic heterocycles. The molecule has 3 aromatic rings. The predicted molar refractivity (Wildman–Crippen MR) is 147 cm³/mol. The van der Waals surface area contributed by atoms with Crippen LogP contribution in [0.1, 0.15) is 51.7 Å². The Labute approximate surface area is 215 Å². The van der Waals surface area contributed by atoms with Gasteiger partial charge >= 0.3 is 0 Å². The van der Waals surface area contributed by atoms with Crippen LogP contribution in [0.25, 0.3) is 0 Å². The van der Waals surface area contributed by atoms with Gasteiger partial charge in [0.2, 0.25) is 11.8 Å². The molecule has 0 saturated heterocycles. The van der Waals surface area contributed by atoms with E-state index in [1.54, 1.807) is 0 Å². The van der Waals surface area contributed by atoms with Crippen molar-refractivity contribution in [3.05, 3.63) is 71.7 Å². The summed E-state index contributed by atoms with van der Waals surface area (Å²) in [5, 5.41) is 6.92. The summed E-state index contributed by atoms with van der Waals surface area (Å²) in [6, 6.07) is 14.4. The smallest absolute Gasteiger partial charge is 0.217 e. The van der Waals surface area contributed by atoms with Crippen LogP contribution < -0.4 is 20.1 Å². The molecule has 0 atom stereocenters. The zero-order chi connectivity index (χ0) is 26.8. The second-order valence-electron chi connectivity index (χ2n) is 7.65. The number of hydrogen-bond donors (Lipinski definition) is 2. The number of aryl methyl sites for hydroxylation is 1. The van der Waals surface area contributed by atoms with Gasteiger partial charge in [0, 0.05) is 43.2 Å². The lowest BCUT2D eigenvalue weighted by molar-refractivity contribution is 0.207. The van der Waals surface area contributed by atoms with Crippen LogP contribution in [0.2, 0.25) is 0 Å². The van der Waals surface area contributed by atoms with Crippen molar-refractivity contribution in [1.29, 1.82) is 5.41 Å². The maximum Gasteiger partial charge on any atom is 0.217 e. The zero-order valence-corrected chi connectivity index (χ0v) is 22.1. The summed E-state index contributed by atoms with van der Waals surface area (Å²) < 4.78 is 23.8. The number of nitrogens with two attached hydrogens (primary N) is 1. The fourth-order valence-electron chi connectivity index (χ4n) is 3.18. The first-order chi connectivity index (χ1) is 17.4. The van der Waals surface area contributed by atoms with Gasteiger partial charge in [-0.1, -0.05) is 57.5 Å². The van der Waals surface area contributed by atoms with Gasteiger partial charge in [0.1, 0.15) is 24.8 Å². The van der Waals surface area contributed by atoms with E-state index in [1.165, 1.54) is 23.9 Å². The Kier molecular flexibility index (Phi) is 14.9. The Balaban J connectivity index is 0.000000491. The maximum atomic E-state index is 12.8. The molecule has 2 aromatic heterocycles. The van der Waals surface area contributed by atoms with E-state index in [2.05, 4.69) is 28.7 Å². The van der Waals surface area contributed by atoms with Crippen molar-refractivity contribution in [2.75, 3.05) is 36.9 Å². The van der Waals surface area contributed by atoms with Crippen LogP contribution in [-0.4, -0.2) is 42.5 Å². The molecule has 36 heavy (non-hydrogen) atoms. The van der Waals surface area contributed by atoms with Crippen molar-refractivity contribution in [3.8, 4) is 11.8 Å². The number of ether oxygens (including phenoxy) is 2. The number of anilines is 2. The molecule has 8 heteroatoms. The fourth-order valence-corrected chi connectivity index (χ4v) is 3.18. The minimum absolute atomic E-state index is 0.276. The second-order valence-corrected chi connectivity index (χ2v) is 7.65. The standard InChI is InChI=1S/C18H25FN4O2.C8H9N.C2H6/c1-3-7-23(8-4-2)15-11-16(20)22-18(12-15)25-10-9-24-17-6-5-14(19)13-21-17;1-7-3-2-4-8(5-7)6-9;1-2/h5-6,11-13H,3-4,7-10H2,1-2H3,(H2,20,22);2-6,9H,1H3;1-2H3. The second kappa shape index (κ2) is 17.7. The number of aromatic nitrogens is 2. The van der Waals surface area contributed by atoms with Crippen LogP contribution in [-0.2, 0) is 0 Å². The predicted octanol–water partition coefficient (Wildman–Crippen LogP) is 6.30. The molecule has 3 rings (SSSR count). The minimum Gasteiger partial charge on any atom is -0.474 e. The third-order valence-corrected chi connectivity index (χ3v) is 4.65. The van der Waals surface area contributed by atoms with Gasteiger partial charge in [-0.25, -0.2) is 9.37 Å². The lowest BCUT2D eigenvalue weighted by Crippen LogP contribution is -2.25. The van der Waals surface area contributed by atoms with Crippen molar-refractivity contribution in [3.63, 3.8) is 0 Å². The lowest BCUT2D eigenvalue weighted by atomic mass is 10.2. The Morgan fingerprint density at radius 1 is 0.972 bits per heavy atom. The van der Waals surface area contributed by atoms with Gasteiger partial charge in [0.05, 0.1) is 6.20 Å². The van der Waals surface area contributed by atoms with Gasteiger partial charge < -0.3 is 25.5 Å². The molecule has 2 heterocycles. The highest BCUT2D eigenvalue weighted by molar-refractivity contribution is 5.76. The van der Waals surface area contributed by atoms with Crippen LogP contribution >= 0.6 is 0 Å². The zero-order valence-electron chi connectivity index (χ0n) is 22.1. The number of halogens is 1. The summed E-state index contributed by atoms with van der Waals surface area (Å²) in [6.45, 7) is 12.8. The molecule has 0 radical (unpaired) electrons. The molecular formula is C28H40FN5O2. The average molecular weight is 498 g/mol. The topological polar surface area (TPSA) is 97.3 Å². The van der Waals surface area contributed by atoms with Crippen LogP contribution in [0.5, 0.6) is 11.8 Å². The van der Waals surface area contributed by atoms with E-state index >= 15 is 0 Å². The quantitative estimate of drug-likeness (QED) is 0.238. The highest BCUT2D eigenvalue weighted by Crippen LogP contribution is 2.23. The molecule has 0 amide bonds. The van der Waals surface area contributed by atoms with Crippen molar-refractivity contribution < 1.29 is 13.9 Å². The Morgan fingerprint density at radius 2 is 1.64 bits per heavy atom. The highest BCUT2D eigenvalue weighted by Gasteiger charge is 2.09. The number of benzene rings is 1. The number of rotatable bonds is 11. The summed E-state index contributed by atoms with van der Waals surface area (Å²) in [5.74, 6) is 0.834. The van der Waals surface area contributed by atoms with Crippen molar-refractivity contribution in [1.82, 2.24) is 9.97 Å². The summed E-state index contributed by atoms with van der Waals surface area (Å²) in [5.41, 5.74) is 9.08. The van der Waals surface area contributed by atoms with Gasteiger partial charge in [-0.15, -0.1) is 0 Å². The van der Waals surface area contributed by atoms with Crippen LogP contribution in [0.15, 0.2) is 54.7 Å². The van der Waals surface area contributed by atoms with Gasteiger partial charge in [0.15, 0.2) is 0 Å². The molecule has 0 fully saturated rings. The third-order valence-electron chi connectivity index (χ3n) is 4.65. The van der Waals surface area contributed by atoms with Gasteiger partial charge in [-0.3, -0.25) is 0 Å². The monoisotopic (exact) mass is 497 g/mol. The largest absolute Gasteiger partial charge is 0.474 e. The van der Waals surface area contributed by atoms with Crippen LogP contribution in [0, 0.1) is 18.2 Å². The van der Waals surface area contributed by atoms with Gasteiger partial charge in [0.25, 0.3) is 0 Å². The molecule has 3 N–H and O–H groups in total. The number of nitrogens with one attached hydrogen (secondary N) is 1. The van der Waals surface area contributed by atoms with E-state index in [9.17, 15) is 4.39 Å². The first kappa shape index (κ1) is 30.4. The van der Waals surface area contributed by atoms with Gasteiger partial charge in [-0.05, 0) is 31.4 Å². The molecule has 0 bridgehead atoms. The minimum atomic E-state index is -0.399. The number of pyridine rings is 2. The van der Waals surface area contributed by atoms with E-state index in [4.69, 9.17) is 20.6 Å². The molecule has 1 aromatic carbocycles. The van der Waals surface area contributed by atoms with Crippen molar-refractivity contribution in [2.24, 2.45) is 0 Å². The fraction of sp³-hybridized carbons (Fsp3) is 0.393. The van der Waals surface area contributed by atoms with E-state index in [-0.39, 0.29) is 13.2 Å². The molecular weight excluding hydrogens is 457 g/mol. The van der Waals surface area contributed by atoms with Gasteiger partial charge in [-0.2, -0.15) is 4.98 Å². The van der Waals surface area contributed by atoms with E-state index in [0.717, 1.165) is 43.4 Å². The lowest BCUT2D eigenvalue weighted by Gasteiger charge is -2.24. The molecule has 0 saturated carbocycles. The first-order valence-electron chi connectivity index (χ1n) is 12.4. The molecule has 196 valence electrons. The Bertz CT molecular complexity index is 1010. The first-order valence-corrected chi connectivity index (χ1v) is 12.4. The van der Waals surface area contributed by atoms with E-state index in [0.29, 0.717) is 17.6 Å².